The van der Waals surface area contributed by atoms with Crippen molar-refractivity contribution in [1.82, 2.24) is 4.90 Å². The van der Waals surface area contributed by atoms with Gasteiger partial charge in [-0.2, -0.15) is 0 Å². The molecule has 2 rings (SSSR count). The molecule has 1 atom stereocenters. The SMILES string of the molecule is COc1ccc2c(c1)CC(C)N(CC=C(C)C)CC2.Cl. The molecular formula is C17H26ClNO. The fraction of sp³-hybridized carbons (Fsp3) is 0.529. The van der Waals surface area contributed by atoms with E-state index in [4.69, 9.17) is 4.74 Å². The number of ether oxygens (including phenoxy) is 1. The van der Waals surface area contributed by atoms with Crippen molar-refractivity contribution in [2.24, 2.45) is 0 Å². The zero-order chi connectivity index (χ0) is 13.8. The topological polar surface area (TPSA) is 12.5 Å². The van der Waals surface area contributed by atoms with Crippen LogP contribution in [0, 0.1) is 0 Å². The molecule has 1 heterocycles. The molecule has 1 unspecified atom stereocenters. The van der Waals surface area contributed by atoms with Crippen molar-refractivity contribution < 1.29 is 4.74 Å². The molecule has 112 valence electrons. The minimum absolute atomic E-state index is 0. The molecule has 0 fully saturated rings. The van der Waals surface area contributed by atoms with Gasteiger partial charge in [0.1, 0.15) is 5.75 Å². The summed E-state index contributed by atoms with van der Waals surface area (Å²) in [5.74, 6) is 0.976. The summed E-state index contributed by atoms with van der Waals surface area (Å²) < 4.78 is 5.34. The molecule has 1 aromatic carbocycles. The van der Waals surface area contributed by atoms with E-state index in [1.54, 1.807) is 7.11 Å². The third-order valence-electron chi connectivity index (χ3n) is 3.95. The maximum atomic E-state index is 5.34. The van der Waals surface area contributed by atoms with E-state index in [-0.39, 0.29) is 12.4 Å². The highest BCUT2D eigenvalue weighted by Crippen LogP contribution is 2.24. The normalized spacial score (nSPS) is 18.5. The van der Waals surface area contributed by atoms with Gasteiger partial charge in [-0.25, -0.2) is 0 Å². The molecule has 0 aromatic heterocycles. The van der Waals surface area contributed by atoms with Crippen molar-refractivity contribution in [1.29, 1.82) is 0 Å². The summed E-state index contributed by atoms with van der Waals surface area (Å²) in [5, 5.41) is 0. The van der Waals surface area contributed by atoms with Gasteiger partial charge >= 0.3 is 0 Å². The first-order valence-corrected chi connectivity index (χ1v) is 7.13. The van der Waals surface area contributed by atoms with Crippen LogP contribution in [-0.4, -0.2) is 31.1 Å². The molecule has 0 spiro atoms. The van der Waals surface area contributed by atoms with Crippen molar-refractivity contribution in [2.45, 2.75) is 39.7 Å². The Hall–Kier alpha value is -0.990. The standard InChI is InChI=1S/C17H25NO.ClH/c1-13(2)7-9-18-10-8-15-5-6-17(19-4)12-16(15)11-14(18)3;/h5-7,12,14H,8-11H2,1-4H3;1H. The molecule has 2 nitrogen and oxygen atoms in total. The first-order chi connectivity index (χ1) is 9.10. The second kappa shape index (κ2) is 7.70. The van der Waals surface area contributed by atoms with E-state index in [1.807, 2.05) is 0 Å². The first-order valence-electron chi connectivity index (χ1n) is 7.13. The van der Waals surface area contributed by atoms with E-state index >= 15 is 0 Å². The molecule has 1 aromatic rings. The van der Waals surface area contributed by atoms with E-state index in [1.165, 1.54) is 16.7 Å². The summed E-state index contributed by atoms with van der Waals surface area (Å²) in [5.41, 5.74) is 4.33. The van der Waals surface area contributed by atoms with Crippen LogP contribution in [-0.2, 0) is 12.8 Å². The Morgan fingerprint density at radius 3 is 2.75 bits per heavy atom. The van der Waals surface area contributed by atoms with Crippen LogP contribution in [0.25, 0.3) is 0 Å². The van der Waals surface area contributed by atoms with Crippen LogP contribution in [0.3, 0.4) is 0 Å². The lowest BCUT2D eigenvalue weighted by atomic mass is 10.0. The molecule has 0 N–H and O–H groups in total. The minimum atomic E-state index is 0. The van der Waals surface area contributed by atoms with Crippen LogP contribution >= 0.6 is 12.4 Å². The maximum Gasteiger partial charge on any atom is 0.119 e. The number of fused-ring (bicyclic) bond motifs is 1. The van der Waals surface area contributed by atoms with Gasteiger partial charge in [0, 0.05) is 19.1 Å². The second-order valence-corrected chi connectivity index (χ2v) is 5.71. The van der Waals surface area contributed by atoms with Crippen LogP contribution in [0.1, 0.15) is 31.9 Å². The lowest BCUT2D eigenvalue weighted by Gasteiger charge is -2.25. The Morgan fingerprint density at radius 2 is 2.10 bits per heavy atom. The molecule has 1 aliphatic rings. The van der Waals surface area contributed by atoms with Crippen LogP contribution in [0.2, 0.25) is 0 Å². The summed E-state index contributed by atoms with van der Waals surface area (Å²) in [7, 11) is 1.74. The average molecular weight is 296 g/mol. The number of allylic oxidation sites excluding steroid dienone is 1. The lowest BCUT2D eigenvalue weighted by molar-refractivity contribution is 0.240. The predicted octanol–water partition coefficient (Wildman–Crippen LogP) is 3.87. The fourth-order valence-electron chi connectivity index (χ4n) is 2.67. The average Bonchev–Trinajstić information content (AvgIpc) is 2.54. The number of nitrogens with zero attached hydrogens (tertiary/aromatic N) is 1. The zero-order valence-corrected chi connectivity index (χ0v) is 13.8. The number of benzene rings is 1. The highest BCUT2D eigenvalue weighted by Gasteiger charge is 2.19. The molecule has 0 amide bonds. The highest BCUT2D eigenvalue weighted by atomic mass is 35.5. The van der Waals surface area contributed by atoms with Gasteiger partial charge in [-0.3, -0.25) is 4.90 Å². The molecule has 0 aliphatic carbocycles. The quantitative estimate of drug-likeness (QED) is 0.785. The van der Waals surface area contributed by atoms with Crippen LogP contribution in [0.4, 0.5) is 0 Å². The summed E-state index contributed by atoms with van der Waals surface area (Å²) in [4.78, 5) is 2.57. The third-order valence-corrected chi connectivity index (χ3v) is 3.95. The minimum Gasteiger partial charge on any atom is -0.497 e. The van der Waals surface area contributed by atoms with Gasteiger partial charge in [0.15, 0.2) is 0 Å². The van der Waals surface area contributed by atoms with Crippen molar-refractivity contribution in [3.63, 3.8) is 0 Å². The summed E-state index contributed by atoms with van der Waals surface area (Å²) in [6, 6.07) is 7.10. The van der Waals surface area contributed by atoms with E-state index < -0.39 is 0 Å². The molecular weight excluding hydrogens is 270 g/mol. The van der Waals surface area contributed by atoms with Gasteiger partial charge in [-0.1, -0.05) is 17.7 Å². The van der Waals surface area contributed by atoms with E-state index in [9.17, 15) is 0 Å². The fourth-order valence-corrected chi connectivity index (χ4v) is 2.67. The zero-order valence-electron chi connectivity index (χ0n) is 13.0. The molecule has 1 aliphatic heterocycles. The maximum absolute atomic E-state index is 5.34. The van der Waals surface area contributed by atoms with Gasteiger partial charge < -0.3 is 4.74 Å². The van der Waals surface area contributed by atoms with E-state index in [0.717, 1.165) is 31.7 Å². The Kier molecular flexibility index (Phi) is 6.57. The molecule has 20 heavy (non-hydrogen) atoms. The smallest absolute Gasteiger partial charge is 0.119 e. The van der Waals surface area contributed by atoms with Gasteiger partial charge in [-0.05, 0) is 56.9 Å². The van der Waals surface area contributed by atoms with Crippen LogP contribution in [0.5, 0.6) is 5.75 Å². The van der Waals surface area contributed by atoms with Crippen LogP contribution < -0.4 is 4.74 Å². The van der Waals surface area contributed by atoms with Gasteiger partial charge in [-0.15, -0.1) is 12.4 Å². The number of methoxy groups -OCH3 is 1. The lowest BCUT2D eigenvalue weighted by Crippen LogP contribution is -2.34. The second-order valence-electron chi connectivity index (χ2n) is 5.71. The third kappa shape index (κ3) is 4.26. The van der Waals surface area contributed by atoms with Crippen molar-refractivity contribution in [3.8, 4) is 5.75 Å². The Bertz CT molecular complexity index is 466. The van der Waals surface area contributed by atoms with Gasteiger partial charge in [0.2, 0.25) is 0 Å². The highest BCUT2D eigenvalue weighted by molar-refractivity contribution is 5.85. The van der Waals surface area contributed by atoms with Crippen LogP contribution in [0.15, 0.2) is 29.8 Å². The summed E-state index contributed by atoms with van der Waals surface area (Å²) in [6.07, 6.45) is 4.58. The summed E-state index contributed by atoms with van der Waals surface area (Å²) >= 11 is 0. The van der Waals surface area contributed by atoms with Gasteiger partial charge in [0.05, 0.1) is 7.11 Å². The molecule has 0 saturated carbocycles. The predicted molar refractivity (Wildman–Crippen MR) is 88.1 cm³/mol. The first kappa shape index (κ1) is 17.1. The number of halogens is 1. The molecule has 0 radical (unpaired) electrons. The van der Waals surface area contributed by atoms with Crippen molar-refractivity contribution in [3.05, 3.63) is 41.0 Å². The van der Waals surface area contributed by atoms with Crippen molar-refractivity contribution >= 4 is 12.4 Å². The van der Waals surface area contributed by atoms with E-state index in [0.29, 0.717) is 6.04 Å². The molecule has 0 saturated heterocycles. The monoisotopic (exact) mass is 295 g/mol. The van der Waals surface area contributed by atoms with Gasteiger partial charge in [0.25, 0.3) is 0 Å². The molecule has 3 heteroatoms. The van der Waals surface area contributed by atoms with Crippen molar-refractivity contribution in [2.75, 3.05) is 20.2 Å². The largest absolute Gasteiger partial charge is 0.497 e. The Morgan fingerprint density at radius 1 is 1.35 bits per heavy atom. The Labute approximate surface area is 129 Å². The number of hydrogen-bond acceptors (Lipinski definition) is 2. The van der Waals surface area contributed by atoms with E-state index in [2.05, 4.69) is 49.9 Å². The summed E-state index contributed by atoms with van der Waals surface area (Å²) in [6.45, 7) is 8.87. The number of hydrogen-bond donors (Lipinski definition) is 0. The number of rotatable bonds is 3. The molecule has 0 bridgehead atoms. The Balaban J connectivity index is 0.00000200.